The Labute approximate surface area is 444 Å². The fourth-order valence-electron chi connectivity index (χ4n) is 9.24. The summed E-state index contributed by atoms with van der Waals surface area (Å²) < 4.78 is 23.6. The predicted molar refractivity (Wildman–Crippen MR) is 277 cm³/mol. The highest BCUT2D eigenvalue weighted by Gasteiger charge is 2.51. The summed E-state index contributed by atoms with van der Waals surface area (Å²) in [5.74, 6) is -7.76. The van der Waals surface area contributed by atoms with Crippen molar-refractivity contribution >= 4 is 17.8 Å². The number of aliphatic hydroxyl groups is 10. The van der Waals surface area contributed by atoms with E-state index in [-0.39, 0.29) is 31.6 Å². The average molecular weight is 1070 g/mol. The topological polar surface area (TPSA) is 362 Å². The van der Waals surface area contributed by atoms with Crippen LogP contribution in [0, 0.1) is 17.8 Å². The van der Waals surface area contributed by atoms with Gasteiger partial charge in [0, 0.05) is 49.9 Å². The molecule has 0 radical (unpaired) electrons. The predicted octanol–water partition coefficient (Wildman–Crippen LogP) is 0.834. The van der Waals surface area contributed by atoms with E-state index in [1.165, 1.54) is 13.0 Å². The average Bonchev–Trinajstić information content (AvgIpc) is 3.34. The van der Waals surface area contributed by atoms with Gasteiger partial charge in [0.15, 0.2) is 12.1 Å². The summed E-state index contributed by atoms with van der Waals surface area (Å²) in [4.78, 5) is 42.7. The lowest BCUT2D eigenvalue weighted by molar-refractivity contribution is -0.309. The molecule has 2 saturated heterocycles. The zero-order valence-corrected chi connectivity index (χ0v) is 43.5. The molecule has 1 aromatic rings. The van der Waals surface area contributed by atoms with Crippen molar-refractivity contribution in [3.63, 3.8) is 0 Å². The number of aromatic nitrogens is 1. The number of carbonyl (C=O) groups excluding carboxylic acids is 2. The number of rotatable bonds is 7. The van der Waals surface area contributed by atoms with Gasteiger partial charge < -0.3 is 86.2 Å². The zero-order valence-electron chi connectivity index (χ0n) is 43.5. The number of carboxylic acids is 1. The van der Waals surface area contributed by atoms with Gasteiger partial charge in [-0.05, 0) is 51.2 Å². The van der Waals surface area contributed by atoms with E-state index in [1.807, 2.05) is 13.0 Å². The molecule has 3 aliphatic heterocycles. The summed E-state index contributed by atoms with van der Waals surface area (Å²) in [5, 5.41) is 123. The molecule has 21 nitrogen and oxygen atoms in total. The molecule has 0 aromatic carbocycles. The summed E-state index contributed by atoms with van der Waals surface area (Å²) in [7, 11) is 0. The lowest BCUT2D eigenvalue weighted by Gasteiger charge is -2.45. The van der Waals surface area contributed by atoms with Crippen LogP contribution in [0.25, 0.3) is 0 Å². The molecule has 21 heteroatoms. The van der Waals surface area contributed by atoms with Crippen molar-refractivity contribution in [3.8, 4) is 0 Å². The third-order valence-corrected chi connectivity index (χ3v) is 13.8. The van der Waals surface area contributed by atoms with Crippen LogP contribution in [0.5, 0.6) is 0 Å². The number of cyclic esters (lactones) is 1. The molecule has 3 aliphatic rings. The maximum atomic E-state index is 13.3. The van der Waals surface area contributed by atoms with Gasteiger partial charge in [0.1, 0.15) is 24.2 Å². The third-order valence-electron chi connectivity index (χ3n) is 13.8. The number of pyridine rings is 1. The minimum absolute atomic E-state index is 0.0964. The lowest BCUT2D eigenvalue weighted by atomic mass is 9.82. The number of aliphatic carboxylic acids is 1. The van der Waals surface area contributed by atoms with E-state index < -0.39 is 165 Å². The van der Waals surface area contributed by atoms with Gasteiger partial charge in [0.2, 0.25) is 5.91 Å². The van der Waals surface area contributed by atoms with Crippen molar-refractivity contribution in [1.29, 1.82) is 0 Å². The molecule has 4 heterocycles. The number of hydrogen-bond acceptors (Lipinski definition) is 19. The molecule has 1 amide bonds. The Bertz CT molecular complexity index is 2160. The van der Waals surface area contributed by atoms with E-state index in [1.54, 1.807) is 111 Å². The number of nitrogens with one attached hydrogen (secondary N) is 1. The molecule has 76 heavy (non-hydrogen) atoms. The van der Waals surface area contributed by atoms with Crippen molar-refractivity contribution in [1.82, 2.24) is 10.3 Å². The van der Waals surface area contributed by atoms with Gasteiger partial charge in [-0.3, -0.25) is 19.4 Å². The number of hydrogen-bond donors (Lipinski definition) is 13. The van der Waals surface area contributed by atoms with Crippen molar-refractivity contribution in [3.05, 3.63) is 115 Å². The highest BCUT2D eigenvalue weighted by atomic mass is 16.7. The van der Waals surface area contributed by atoms with Crippen LogP contribution in [0.1, 0.15) is 84.6 Å². The molecule has 0 saturated carbocycles. The first-order valence-electron chi connectivity index (χ1n) is 25.9. The largest absolute Gasteiger partial charge is 0.481 e. The Morgan fingerprint density at radius 2 is 1.37 bits per heavy atom. The SMILES string of the molecule is C[C@@H]1[C@H](O)[C@@H](C)/C=C/C=C/C=C/C=C/C=C/C=C/C=C/[C@H](O[C@@H]2O[C@@H](C)[C@@H](O)[C@H](NC(=O)[C@H](N)Cc3cccnc3)[C@@H]2O)C[C@@H]2O[C@](O)(C[C@@H](O)C[C@@H](O)[C@H](O)CC[C@@H](O)C[C@@H](O)CC(=O)O[C@H]1C)C[C@H](O)[C@H]2C(=O)O. The number of carboxylic acid groups (broad SMARTS) is 1. The molecule has 424 valence electrons. The van der Waals surface area contributed by atoms with Crippen LogP contribution in [-0.2, 0) is 39.8 Å². The summed E-state index contributed by atoms with van der Waals surface area (Å²) in [6, 6.07) is 0.962. The first-order valence-corrected chi connectivity index (χ1v) is 25.9. The molecule has 14 N–H and O–H groups in total. The minimum Gasteiger partial charge on any atom is -0.481 e. The van der Waals surface area contributed by atoms with Crippen molar-refractivity contribution < 1.29 is 89.5 Å². The summed E-state index contributed by atoms with van der Waals surface area (Å²) in [6.45, 7) is 6.68. The van der Waals surface area contributed by atoms with Crippen LogP contribution >= 0.6 is 0 Å². The molecule has 0 spiro atoms. The van der Waals surface area contributed by atoms with E-state index in [0.717, 1.165) is 0 Å². The first kappa shape index (κ1) is 63.7. The van der Waals surface area contributed by atoms with E-state index >= 15 is 0 Å². The number of carbonyl (C=O) groups is 3. The molecule has 2 fully saturated rings. The fourth-order valence-corrected chi connectivity index (χ4v) is 9.24. The van der Waals surface area contributed by atoms with Gasteiger partial charge in [0.05, 0.1) is 79.5 Å². The molecular formula is C55H81N3O18. The maximum absolute atomic E-state index is 13.3. The maximum Gasteiger partial charge on any atom is 0.311 e. The van der Waals surface area contributed by atoms with Crippen LogP contribution in [-0.4, -0.2) is 183 Å². The van der Waals surface area contributed by atoms with Crippen molar-refractivity contribution in [2.24, 2.45) is 23.5 Å². The molecule has 0 aliphatic carbocycles. The van der Waals surface area contributed by atoms with Gasteiger partial charge in [-0.15, -0.1) is 0 Å². The van der Waals surface area contributed by atoms with Crippen LogP contribution in [0.2, 0.25) is 0 Å². The molecular weight excluding hydrogens is 991 g/mol. The summed E-state index contributed by atoms with van der Waals surface area (Å²) in [5.41, 5.74) is 6.86. The second-order valence-electron chi connectivity index (χ2n) is 20.2. The first-order chi connectivity index (χ1) is 36.0. The molecule has 20 atom stereocenters. The van der Waals surface area contributed by atoms with E-state index in [2.05, 4.69) is 10.3 Å². The number of esters is 1. The van der Waals surface area contributed by atoms with Crippen LogP contribution < -0.4 is 11.1 Å². The fraction of sp³-hybridized carbons (Fsp3) is 0.600. The summed E-state index contributed by atoms with van der Waals surface area (Å²) >= 11 is 0. The second-order valence-corrected chi connectivity index (χ2v) is 20.2. The Balaban J connectivity index is 1.59. The van der Waals surface area contributed by atoms with Crippen LogP contribution in [0.4, 0.5) is 0 Å². The van der Waals surface area contributed by atoms with E-state index in [9.17, 15) is 70.6 Å². The highest BCUT2D eigenvalue weighted by molar-refractivity contribution is 5.82. The molecule has 2 bridgehead atoms. The Morgan fingerprint density at radius 3 is 1.97 bits per heavy atom. The Hall–Kier alpha value is -4.82. The van der Waals surface area contributed by atoms with Gasteiger partial charge >= 0.3 is 11.9 Å². The molecule has 1 aromatic heterocycles. The highest BCUT2D eigenvalue weighted by Crippen LogP contribution is 2.38. The monoisotopic (exact) mass is 1070 g/mol. The minimum atomic E-state index is -2.39. The number of nitrogens with zero attached hydrogens (tertiary/aromatic N) is 1. The van der Waals surface area contributed by atoms with Crippen molar-refractivity contribution in [2.75, 3.05) is 0 Å². The normalized spacial score (nSPS) is 40.9. The van der Waals surface area contributed by atoms with Crippen LogP contribution in [0.3, 0.4) is 0 Å². The quantitative estimate of drug-likeness (QED) is 0.168. The zero-order chi connectivity index (χ0) is 56.1. The molecule has 4 rings (SSSR count). The number of allylic oxidation sites excluding steroid dienone is 12. The van der Waals surface area contributed by atoms with E-state index in [0.29, 0.717) is 5.56 Å². The van der Waals surface area contributed by atoms with Gasteiger partial charge in [-0.25, -0.2) is 0 Å². The van der Waals surface area contributed by atoms with Gasteiger partial charge in [0.25, 0.3) is 0 Å². The number of fused-ring (bicyclic) bond motifs is 2. The van der Waals surface area contributed by atoms with Crippen molar-refractivity contribution in [2.45, 2.75) is 189 Å². The Kier molecular flexibility index (Phi) is 26.4. The standard InChI is InChI=1S/C55H81N3O18/c1-32-18-15-13-11-9-7-5-6-8-10-12-14-16-20-40(75-54-51(68)48(50(67)35(4)74-54)58-52(69)41(56)24-36-19-17-23-57-31-36)28-45-47(53(70)71)44(64)30-55(72,76-45)29-39(61)26-43(63)42(62)22-21-37(59)25-38(60)27-46(65)73-34(3)33(2)49(32)66/h5-20,23,31-35,37-45,47-51,54,59-64,66-68,72H,21-22,24-30,56H2,1-4H3,(H,58,69)(H,70,71)/b6-5+,9-7+,10-8+,13-11+,14-12+,18-15+,20-16+/t32-,33-,34-,35-,37+,38+,39-,40-,41+,42+,43+,44-,45-,47+,48-,49+,50+,51-,54-,55+/m0/s1. The number of aliphatic hydroxyl groups excluding tert-OH is 9. The number of ether oxygens (including phenoxy) is 4. The smallest absolute Gasteiger partial charge is 0.311 e. The Morgan fingerprint density at radius 1 is 0.750 bits per heavy atom. The number of amides is 1. The molecule has 0 unspecified atom stereocenters. The third kappa shape index (κ3) is 20.9. The van der Waals surface area contributed by atoms with Gasteiger partial charge in [-0.2, -0.15) is 0 Å². The summed E-state index contributed by atoms with van der Waals surface area (Å²) in [6.07, 6.45) is 4.83. The second kappa shape index (κ2) is 31.5. The van der Waals surface area contributed by atoms with Crippen LogP contribution in [0.15, 0.2) is 110 Å². The van der Waals surface area contributed by atoms with Gasteiger partial charge in [-0.1, -0.05) is 105 Å². The number of nitrogens with two attached hydrogens (primary N) is 1. The van der Waals surface area contributed by atoms with E-state index in [4.69, 9.17) is 24.7 Å². The lowest BCUT2D eigenvalue weighted by Crippen LogP contribution is -2.65.